The zero-order chi connectivity index (χ0) is 84.3. The van der Waals surface area contributed by atoms with Crippen LogP contribution in [-0.2, 0) is 70.0 Å². The molecule has 1 unspecified atom stereocenters. The molecular formula is C79H69Cl3F15N6O10S3-. The molecule has 0 saturated carbocycles. The van der Waals surface area contributed by atoms with Gasteiger partial charge in [-0.1, -0.05) is 83.3 Å². The SMILES string of the molecule is COc1cccc(S(=O)[O-])c1.Fc1ccc2c(CCNCc3cccc(OCC(F)(F)C(F)F)c3)c[nH]c2c1.O=S(=O)(c1cc(Cl)cc(Cl)c1)n1cc(CCNCc2cccc(OCC(F)(F)C(F)F)c2)c2ccc(F)cc21.O=S(=O)(c1cccc(Cl)c1)n1cc(CCNCc2cccc(OCC(F)(F)C(F)F)c2)c2ccc(F)cc21. The summed E-state index contributed by atoms with van der Waals surface area (Å²) >= 11 is 15.8. The molecule has 0 aliphatic carbocycles. The van der Waals surface area contributed by atoms with E-state index < -0.39 is 99.6 Å². The summed E-state index contributed by atoms with van der Waals surface area (Å²) in [6.45, 7) is -1.82. The van der Waals surface area contributed by atoms with E-state index in [-0.39, 0.29) is 70.4 Å². The van der Waals surface area contributed by atoms with Gasteiger partial charge in [0.1, 0.15) is 40.4 Å². The lowest BCUT2D eigenvalue weighted by Gasteiger charge is -2.16. The molecule has 3 heterocycles. The van der Waals surface area contributed by atoms with E-state index in [0.29, 0.717) is 90.8 Å². The monoisotopic (exact) mass is 1750 g/mol. The smallest absolute Gasteiger partial charge is 0.340 e. The van der Waals surface area contributed by atoms with Crippen molar-refractivity contribution in [2.45, 2.75) is 90.6 Å². The predicted molar refractivity (Wildman–Crippen MR) is 410 cm³/mol. The molecular weight excluding hydrogens is 1680 g/mol. The van der Waals surface area contributed by atoms with Crippen molar-refractivity contribution in [3.63, 3.8) is 0 Å². The molecule has 9 aromatic carbocycles. The first kappa shape index (κ1) is 90.4. The molecule has 16 nitrogen and oxygen atoms in total. The number of H-pyrrole nitrogens is 1. The van der Waals surface area contributed by atoms with Gasteiger partial charge in [-0.15, -0.1) is 0 Å². The first-order chi connectivity index (χ1) is 54.9. The Morgan fingerprint density at radius 2 is 0.828 bits per heavy atom. The number of rotatable bonds is 33. The Morgan fingerprint density at radius 1 is 0.448 bits per heavy atom. The fourth-order valence-electron chi connectivity index (χ4n) is 11.2. The van der Waals surface area contributed by atoms with E-state index in [1.54, 1.807) is 60.7 Å². The van der Waals surface area contributed by atoms with Crippen LogP contribution in [0.15, 0.2) is 227 Å². The molecule has 12 aromatic rings. The van der Waals surface area contributed by atoms with Gasteiger partial charge in [0.25, 0.3) is 20.0 Å². The average Bonchev–Trinajstić information content (AvgIpc) is 1.60. The summed E-state index contributed by atoms with van der Waals surface area (Å²) in [4.78, 5) is 3.08. The average molecular weight is 1750 g/mol. The largest absolute Gasteiger partial charge is 0.768 e. The van der Waals surface area contributed by atoms with Crippen molar-refractivity contribution in [3.05, 3.63) is 279 Å². The maximum atomic E-state index is 14.1. The van der Waals surface area contributed by atoms with Crippen molar-refractivity contribution in [2.75, 3.05) is 46.6 Å². The summed E-state index contributed by atoms with van der Waals surface area (Å²) < 4.78 is 289. The van der Waals surface area contributed by atoms with Gasteiger partial charge in [-0.05, 0) is 229 Å². The molecule has 0 amide bonds. The van der Waals surface area contributed by atoms with Gasteiger partial charge in [0.2, 0.25) is 0 Å². The molecule has 0 radical (unpaired) electrons. The number of aromatic nitrogens is 3. The van der Waals surface area contributed by atoms with Gasteiger partial charge in [0, 0.05) is 79.9 Å². The fraction of sp³-hybridized carbons (Fsp3) is 0.241. The second kappa shape index (κ2) is 40.6. The van der Waals surface area contributed by atoms with Crippen molar-refractivity contribution in [2.24, 2.45) is 0 Å². The molecule has 0 saturated heterocycles. The Morgan fingerprint density at radius 3 is 1.24 bits per heavy atom. The highest BCUT2D eigenvalue weighted by atomic mass is 35.5. The summed E-state index contributed by atoms with van der Waals surface area (Å²) in [6.07, 6.45) is -5.27. The molecule has 0 aliphatic heterocycles. The maximum Gasteiger partial charge on any atom is 0.340 e. The standard InChI is InChI=1S/C26H21Cl2F5N2O3S.C26H22ClF5N2O3S.C20H19F5N2O.C7H8O3S/c27-18-9-19(28)11-22(10-18)39(36,37)35-14-17(23-5-4-20(29)12-24(23)35)6-7-34-13-16-2-1-3-21(8-16)38-15-26(32,33)25(30)31;27-19-4-2-6-22(12-19)38(35,36)34-15-18(23-8-7-20(28)13-24(23)34)9-10-33-14-17-3-1-5-21(11-17)37-16-26(31,32)25(29)30;21-15-4-5-17-14(11-27-18(17)9-15)6-7-26-10-13-2-1-3-16(8-13)28-12-20(24,25)19(22)23;1-10-6-3-2-4-7(5-6)11(8)9/h1-5,8-12,14,25,34H,6-7,13,15H2;1-8,11-13,15,25,33H,9-10,14,16H2;1-5,8-9,11,19,26-27H,6-7,10,12H2;2-5H,1H3,(H,8,9)/p-1. The van der Waals surface area contributed by atoms with Crippen LogP contribution in [0.25, 0.3) is 32.7 Å². The zero-order valence-corrected chi connectivity index (χ0v) is 65.1. The van der Waals surface area contributed by atoms with Gasteiger partial charge in [-0.3, -0.25) is 4.21 Å². The number of nitrogens with zero attached hydrogens (tertiary/aromatic N) is 2. The summed E-state index contributed by atoms with van der Waals surface area (Å²) in [5, 5.41) is 12.1. The summed E-state index contributed by atoms with van der Waals surface area (Å²) in [5.41, 5.74) is 5.49. The Hall–Kier alpha value is -9.49. The molecule has 4 N–H and O–H groups in total. The number of fused-ring (bicyclic) bond motifs is 3. The van der Waals surface area contributed by atoms with Crippen LogP contribution >= 0.6 is 34.8 Å². The number of halogens is 18. The highest BCUT2D eigenvalue weighted by molar-refractivity contribution is 7.90. The van der Waals surface area contributed by atoms with Crippen LogP contribution < -0.4 is 34.9 Å². The lowest BCUT2D eigenvalue weighted by molar-refractivity contribution is -0.148. The van der Waals surface area contributed by atoms with Gasteiger partial charge in [-0.2, -0.15) is 26.3 Å². The van der Waals surface area contributed by atoms with Gasteiger partial charge < -0.3 is 44.4 Å². The van der Waals surface area contributed by atoms with Crippen molar-refractivity contribution >= 4 is 98.6 Å². The van der Waals surface area contributed by atoms with Crippen LogP contribution in [0.1, 0.15) is 33.4 Å². The van der Waals surface area contributed by atoms with Gasteiger partial charge in [0.15, 0.2) is 19.8 Å². The second-order valence-electron chi connectivity index (χ2n) is 25.5. The lowest BCUT2D eigenvalue weighted by Crippen LogP contribution is -2.33. The summed E-state index contributed by atoms with van der Waals surface area (Å²) in [5.74, 6) is -13.5. The molecule has 0 aliphatic rings. The van der Waals surface area contributed by atoms with E-state index in [9.17, 15) is 91.5 Å². The van der Waals surface area contributed by atoms with E-state index in [4.69, 9.17) is 53.8 Å². The fourth-order valence-corrected chi connectivity index (χ4v) is 15.4. The molecule has 0 fully saturated rings. The van der Waals surface area contributed by atoms with Crippen LogP contribution in [0.4, 0.5) is 65.9 Å². The number of hydrogen-bond donors (Lipinski definition) is 4. The number of nitrogens with one attached hydrogen (secondary N) is 4. The molecule has 620 valence electrons. The van der Waals surface area contributed by atoms with Crippen molar-refractivity contribution in [1.29, 1.82) is 0 Å². The van der Waals surface area contributed by atoms with Crippen molar-refractivity contribution in [1.82, 2.24) is 28.9 Å². The van der Waals surface area contributed by atoms with Gasteiger partial charge >= 0.3 is 37.0 Å². The predicted octanol–water partition coefficient (Wildman–Crippen LogP) is 19.1. The molecule has 3 aromatic heterocycles. The molecule has 37 heteroatoms. The molecule has 0 spiro atoms. The number of ether oxygens (including phenoxy) is 4. The molecule has 0 bridgehead atoms. The minimum absolute atomic E-state index is 0.0195. The van der Waals surface area contributed by atoms with Crippen LogP contribution in [-0.4, -0.2) is 122 Å². The lowest BCUT2D eigenvalue weighted by atomic mass is 10.1. The van der Waals surface area contributed by atoms with Crippen LogP contribution in [0.5, 0.6) is 23.0 Å². The zero-order valence-electron chi connectivity index (χ0n) is 60.4. The Kier molecular flexibility index (Phi) is 31.6. The maximum absolute atomic E-state index is 14.1. The van der Waals surface area contributed by atoms with E-state index in [1.165, 1.54) is 141 Å². The van der Waals surface area contributed by atoms with E-state index in [1.807, 2.05) is 6.20 Å². The van der Waals surface area contributed by atoms with Crippen LogP contribution in [0, 0.1) is 17.5 Å². The van der Waals surface area contributed by atoms with Crippen LogP contribution in [0.3, 0.4) is 0 Å². The first-order valence-electron chi connectivity index (χ1n) is 34.5. The molecule has 116 heavy (non-hydrogen) atoms. The number of aromatic amines is 1. The minimum atomic E-state index is -4.26. The summed E-state index contributed by atoms with van der Waals surface area (Å²) in [6, 6.07) is 46.8. The van der Waals surface area contributed by atoms with Crippen LogP contribution in [0.2, 0.25) is 15.1 Å². The number of benzene rings is 9. The second-order valence-corrected chi connectivity index (χ2v) is 31.4. The normalized spacial score (nSPS) is 12.3. The molecule has 12 rings (SSSR count). The number of hydrogen-bond acceptors (Lipinski definition) is 13. The highest BCUT2D eigenvalue weighted by Crippen LogP contribution is 2.34. The molecule has 1 atom stereocenters. The van der Waals surface area contributed by atoms with Crippen molar-refractivity contribution < 1.29 is 110 Å². The van der Waals surface area contributed by atoms with Crippen molar-refractivity contribution in [3.8, 4) is 23.0 Å². The highest BCUT2D eigenvalue weighted by Gasteiger charge is 2.43. The number of alkyl halides is 12. The third-order valence-electron chi connectivity index (χ3n) is 17.0. The van der Waals surface area contributed by atoms with Gasteiger partial charge in [-0.25, -0.2) is 64.3 Å². The topological polar surface area (TPSA) is 207 Å². The quantitative estimate of drug-likeness (QED) is 0.0172. The van der Waals surface area contributed by atoms with Gasteiger partial charge in [0.05, 0.1) is 27.9 Å². The van der Waals surface area contributed by atoms with E-state index >= 15 is 0 Å². The Balaban J connectivity index is 0.000000188. The summed E-state index contributed by atoms with van der Waals surface area (Å²) in [7, 11) is -6.72. The minimum Gasteiger partial charge on any atom is -0.768 e. The third-order valence-corrected chi connectivity index (χ3v) is 21.6. The Bertz CT molecular complexity index is 5580. The Labute approximate surface area is 672 Å². The van der Waals surface area contributed by atoms with E-state index in [0.717, 1.165) is 42.1 Å². The van der Waals surface area contributed by atoms with E-state index in [2.05, 4.69) is 20.9 Å². The first-order valence-corrected chi connectivity index (χ1v) is 39.6. The third kappa shape index (κ3) is 25.0. The number of methoxy groups -OCH3 is 1.